The molecule has 4 aromatic rings. The topological polar surface area (TPSA) is 120 Å². The van der Waals surface area contributed by atoms with Gasteiger partial charge in [0, 0.05) is 29.3 Å². The van der Waals surface area contributed by atoms with Crippen molar-refractivity contribution in [3.63, 3.8) is 0 Å². The quantitative estimate of drug-likeness (QED) is 0.431. The summed E-state index contributed by atoms with van der Waals surface area (Å²) in [5.41, 5.74) is 6.89. The molecule has 2 heterocycles. The zero-order valence-electron chi connectivity index (χ0n) is 16.7. The Morgan fingerprint density at radius 1 is 1.34 bits per heavy atom. The Bertz CT molecular complexity index is 1510. The van der Waals surface area contributed by atoms with E-state index in [-0.39, 0.29) is 22.8 Å². The Hall–Kier alpha value is -3.46. The molecule has 0 bridgehead atoms. The largest absolute Gasteiger partial charge is 0.420 e. The lowest BCUT2D eigenvalue weighted by molar-refractivity contribution is 0.489. The fourth-order valence-corrected chi connectivity index (χ4v) is 5.18. The molecule has 0 radical (unpaired) electrons. The van der Waals surface area contributed by atoms with E-state index in [9.17, 15) is 17.6 Å². The highest BCUT2D eigenvalue weighted by Gasteiger charge is 2.25. The van der Waals surface area contributed by atoms with Crippen LogP contribution in [0.15, 0.2) is 62.1 Å². The number of hydrogen-bond donors (Lipinski definition) is 2. The van der Waals surface area contributed by atoms with E-state index in [1.807, 2.05) is 0 Å². The van der Waals surface area contributed by atoms with Gasteiger partial charge in [-0.3, -0.25) is 9.29 Å². The van der Waals surface area contributed by atoms with Crippen LogP contribution in [0.1, 0.15) is 24.1 Å². The summed E-state index contributed by atoms with van der Waals surface area (Å²) >= 11 is 1.05. The van der Waals surface area contributed by atoms with Crippen LogP contribution >= 0.6 is 11.3 Å². The van der Waals surface area contributed by atoms with Crippen molar-refractivity contribution in [1.29, 1.82) is 0 Å². The van der Waals surface area contributed by atoms with Crippen molar-refractivity contribution < 1.29 is 17.2 Å². The molecule has 2 aromatic heterocycles. The zero-order valence-corrected chi connectivity index (χ0v) is 18.3. The minimum absolute atomic E-state index is 0.0618. The summed E-state index contributed by atoms with van der Waals surface area (Å²) in [6, 6.07) is 8.58. The predicted molar refractivity (Wildman–Crippen MR) is 120 cm³/mol. The van der Waals surface area contributed by atoms with Gasteiger partial charge in [-0.2, -0.15) is 0 Å². The van der Waals surface area contributed by atoms with E-state index in [0.29, 0.717) is 11.1 Å². The Labute approximate surface area is 186 Å². The first-order chi connectivity index (χ1) is 15.3. The minimum Gasteiger partial charge on any atom is -0.408 e. The molecule has 4 rings (SSSR count). The van der Waals surface area contributed by atoms with Crippen LogP contribution in [-0.4, -0.2) is 24.5 Å². The normalized spacial score (nSPS) is 12.3. The number of nitrogens with zero attached hydrogens (tertiary/aromatic N) is 2. The lowest BCUT2D eigenvalue weighted by atomic mass is 10.0. The Morgan fingerprint density at radius 3 is 2.84 bits per heavy atom. The van der Waals surface area contributed by atoms with Gasteiger partial charge in [0.2, 0.25) is 0 Å². The first-order valence-electron chi connectivity index (χ1n) is 9.36. The third kappa shape index (κ3) is 4.03. The van der Waals surface area contributed by atoms with Crippen LogP contribution < -0.4 is 16.2 Å². The lowest BCUT2D eigenvalue weighted by Gasteiger charge is -2.15. The van der Waals surface area contributed by atoms with E-state index in [1.54, 1.807) is 36.6 Å². The number of rotatable bonds is 5. The van der Waals surface area contributed by atoms with Gasteiger partial charge in [-0.05, 0) is 18.6 Å². The number of hydrogen-bond acceptors (Lipinski definition) is 7. The van der Waals surface area contributed by atoms with Crippen LogP contribution in [0.3, 0.4) is 0 Å². The first-order valence-corrected chi connectivity index (χ1v) is 11.7. The van der Waals surface area contributed by atoms with Gasteiger partial charge in [-0.25, -0.2) is 22.6 Å². The standard InChI is InChI=1S/C21H17FN4O4S2/c1-13(15-7-3-2-5-14(15)6-4-8-23)26-17-11-16(22)19(12-18(17)30-21(26)27)32(28,29)25-20-24-9-10-31-20/h2-3,5,7,9-13H,8,23H2,1H3,(H,24,25)/t13-/m1/s1. The van der Waals surface area contributed by atoms with Crippen LogP contribution in [0.2, 0.25) is 0 Å². The molecule has 0 unspecified atom stereocenters. The minimum atomic E-state index is -4.28. The fraction of sp³-hybridized carbons (Fsp3) is 0.143. The maximum Gasteiger partial charge on any atom is 0.420 e. The van der Waals surface area contributed by atoms with Crippen LogP contribution in [-0.2, 0) is 10.0 Å². The first kappa shape index (κ1) is 21.8. The molecule has 11 heteroatoms. The number of benzene rings is 2. The average Bonchev–Trinajstić information content (AvgIpc) is 3.37. The van der Waals surface area contributed by atoms with Crippen LogP contribution in [0.5, 0.6) is 0 Å². The summed E-state index contributed by atoms with van der Waals surface area (Å²) in [4.78, 5) is 15.8. The molecule has 0 fully saturated rings. The summed E-state index contributed by atoms with van der Waals surface area (Å²) in [6.45, 7) is 1.92. The van der Waals surface area contributed by atoms with E-state index in [1.165, 1.54) is 10.8 Å². The molecule has 0 spiro atoms. The SMILES string of the molecule is C[C@H](c1ccccc1C#CCN)n1c(=O)oc2cc(S(=O)(=O)Nc3nccs3)c(F)cc21. The molecule has 1 atom stereocenters. The predicted octanol–water partition coefficient (Wildman–Crippen LogP) is 2.91. The molecule has 0 aliphatic heterocycles. The van der Waals surface area contributed by atoms with Crippen LogP contribution in [0.4, 0.5) is 9.52 Å². The Morgan fingerprint density at radius 2 is 2.12 bits per heavy atom. The highest BCUT2D eigenvalue weighted by molar-refractivity contribution is 7.93. The van der Waals surface area contributed by atoms with Crippen molar-refractivity contribution in [2.75, 3.05) is 11.3 Å². The van der Waals surface area contributed by atoms with Crippen LogP contribution in [0.25, 0.3) is 11.1 Å². The Balaban J connectivity index is 1.81. The van der Waals surface area contributed by atoms with Crippen molar-refractivity contribution in [2.45, 2.75) is 17.9 Å². The molecule has 32 heavy (non-hydrogen) atoms. The van der Waals surface area contributed by atoms with E-state index in [2.05, 4.69) is 21.5 Å². The van der Waals surface area contributed by atoms with Crippen molar-refractivity contribution in [1.82, 2.24) is 9.55 Å². The molecule has 0 aliphatic rings. The van der Waals surface area contributed by atoms with E-state index in [4.69, 9.17) is 10.2 Å². The summed E-state index contributed by atoms with van der Waals surface area (Å²) in [6.07, 6.45) is 1.42. The second-order valence-corrected chi connectivity index (χ2v) is 9.25. The zero-order chi connectivity index (χ0) is 22.9. The number of sulfonamides is 1. The molecule has 2 aromatic carbocycles. The van der Waals surface area contributed by atoms with E-state index < -0.39 is 32.5 Å². The lowest BCUT2D eigenvalue weighted by Crippen LogP contribution is -2.20. The number of halogens is 1. The van der Waals surface area contributed by atoms with E-state index in [0.717, 1.165) is 23.5 Å². The summed E-state index contributed by atoms with van der Waals surface area (Å²) in [7, 11) is -4.28. The summed E-state index contributed by atoms with van der Waals surface area (Å²) in [5, 5.41) is 1.67. The van der Waals surface area contributed by atoms with Gasteiger partial charge in [0.1, 0.15) is 10.7 Å². The fourth-order valence-electron chi connectivity index (χ4n) is 3.31. The maximum atomic E-state index is 14.9. The van der Waals surface area contributed by atoms with Crippen molar-refractivity contribution in [3.05, 3.63) is 75.5 Å². The molecule has 0 saturated carbocycles. The smallest absolute Gasteiger partial charge is 0.408 e. The molecule has 164 valence electrons. The van der Waals surface area contributed by atoms with E-state index >= 15 is 0 Å². The second-order valence-electron chi connectivity index (χ2n) is 6.70. The maximum absolute atomic E-state index is 14.9. The van der Waals surface area contributed by atoms with Gasteiger partial charge in [0.05, 0.1) is 18.1 Å². The average molecular weight is 473 g/mol. The molecular weight excluding hydrogens is 455 g/mol. The molecule has 0 amide bonds. The number of nitrogens with two attached hydrogens (primary N) is 1. The third-order valence-electron chi connectivity index (χ3n) is 4.73. The summed E-state index contributed by atoms with van der Waals surface area (Å²) in [5.74, 6) is 3.95. The number of oxazole rings is 1. The number of fused-ring (bicyclic) bond motifs is 1. The Kier molecular flexibility index (Phi) is 5.84. The van der Waals surface area contributed by atoms with Gasteiger partial charge in [-0.15, -0.1) is 11.3 Å². The van der Waals surface area contributed by atoms with Gasteiger partial charge in [0.15, 0.2) is 10.7 Å². The monoisotopic (exact) mass is 472 g/mol. The van der Waals surface area contributed by atoms with Gasteiger partial charge in [0.25, 0.3) is 10.0 Å². The van der Waals surface area contributed by atoms with Crippen molar-refractivity contribution in [3.8, 4) is 11.8 Å². The third-order valence-corrected chi connectivity index (χ3v) is 6.91. The molecule has 3 N–H and O–H groups in total. The van der Waals surface area contributed by atoms with Gasteiger partial charge in [-0.1, -0.05) is 30.0 Å². The molecule has 0 aliphatic carbocycles. The highest BCUT2D eigenvalue weighted by Crippen LogP contribution is 2.29. The second kappa shape index (κ2) is 8.58. The van der Waals surface area contributed by atoms with Crippen molar-refractivity contribution >= 4 is 37.6 Å². The highest BCUT2D eigenvalue weighted by atomic mass is 32.2. The summed E-state index contributed by atoms with van der Waals surface area (Å²) < 4.78 is 48.9. The van der Waals surface area contributed by atoms with Crippen LogP contribution in [0, 0.1) is 17.7 Å². The van der Waals surface area contributed by atoms with Gasteiger partial charge < -0.3 is 10.2 Å². The van der Waals surface area contributed by atoms with Crippen molar-refractivity contribution in [2.24, 2.45) is 5.73 Å². The molecule has 8 nitrogen and oxygen atoms in total. The molecule has 0 saturated heterocycles. The molecular formula is C21H17FN4O4S2. The number of nitrogens with one attached hydrogen (secondary N) is 1. The number of aromatic nitrogens is 2. The van der Waals surface area contributed by atoms with Gasteiger partial charge >= 0.3 is 5.76 Å². The number of thiazole rings is 1. The number of anilines is 1.